The van der Waals surface area contributed by atoms with Gasteiger partial charge in [0.2, 0.25) is 5.91 Å². The van der Waals surface area contributed by atoms with Gasteiger partial charge in [0.1, 0.15) is 11.5 Å². The molecule has 0 fully saturated rings. The predicted octanol–water partition coefficient (Wildman–Crippen LogP) is 2.30. The molecule has 0 radical (unpaired) electrons. The molecule has 4 nitrogen and oxygen atoms in total. The number of primary amides is 1. The number of phenolic OH excluding ortho intramolecular Hbond substituents is 2. The maximum absolute atomic E-state index is 10.8. The lowest BCUT2D eigenvalue weighted by Crippen LogP contribution is -2.13. The van der Waals surface area contributed by atoms with Crippen LogP contribution in [0.4, 0.5) is 0 Å². The van der Waals surface area contributed by atoms with Crippen LogP contribution in [0.15, 0.2) is 42.5 Å². The van der Waals surface area contributed by atoms with Gasteiger partial charge >= 0.3 is 0 Å². The zero-order chi connectivity index (χ0) is 14.5. The van der Waals surface area contributed by atoms with Crippen LogP contribution in [0.25, 0.3) is 12.2 Å². The maximum Gasteiger partial charge on any atom is 0.221 e. The van der Waals surface area contributed by atoms with Crippen LogP contribution >= 0.6 is 0 Å². The largest absolute Gasteiger partial charge is 0.508 e. The third-order valence-electron chi connectivity index (χ3n) is 2.75. The summed E-state index contributed by atoms with van der Waals surface area (Å²) in [6.45, 7) is 0. The highest BCUT2D eigenvalue weighted by Gasteiger charge is 1.98. The van der Waals surface area contributed by atoms with Gasteiger partial charge in [-0.3, -0.25) is 4.79 Å². The molecule has 0 bridgehead atoms. The molecule has 102 valence electrons. The Morgan fingerprint density at radius 3 is 2.05 bits per heavy atom. The topological polar surface area (TPSA) is 83.6 Å². The Morgan fingerprint density at radius 2 is 1.50 bits per heavy atom. The number of aromatic hydroxyl groups is 2. The molecule has 0 aliphatic rings. The van der Waals surface area contributed by atoms with E-state index in [-0.39, 0.29) is 23.8 Å². The minimum absolute atomic E-state index is 0.0152. The Bertz CT molecular complexity index is 625. The van der Waals surface area contributed by atoms with Gasteiger partial charge in [0.15, 0.2) is 0 Å². The Labute approximate surface area is 116 Å². The van der Waals surface area contributed by atoms with Crippen molar-refractivity contribution in [1.82, 2.24) is 0 Å². The fraction of sp³-hybridized carbons (Fsp3) is 0.0625. The minimum Gasteiger partial charge on any atom is -0.508 e. The Morgan fingerprint density at radius 1 is 0.950 bits per heavy atom. The normalized spacial score (nSPS) is 10.8. The van der Waals surface area contributed by atoms with Crippen molar-refractivity contribution in [1.29, 1.82) is 0 Å². The van der Waals surface area contributed by atoms with Gasteiger partial charge in [-0.25, -0.2) is 0 Å². The molecule has 0 aromatic heterocycles. The third kappa shape index (κ3) is 3.88. The number of phenols is 2. The lowest BCUT2D eigenvalue weighted by Gasteiger charge is -2.00. The molecule has 4 N–H and O–H groups in total. The van der Waals surface area contributed by atoms with Gasteiger partial charge in [0.25, 0.3) is 0 Å². The summed E-state index contributed by atoms with van der Waals surface area (Å²) in [4.78, 5) is 10.8. The van der Waals surface area contributed by atoms with Gasteiger partial charge in [-0.15, -0.1) is 0 Å². The Hall–Kier alpha value is -2.75. The van der Waals surface area contributed by atoms with Crippen LogP contribution in [-0.2, 0) is 11.2 Å². The van der Waals surface area contributed by atoms with Crippen LogP contribution in [0.2, 0.25) is 0 Å². The zero-order valence-electron chi connectivity index (χ0n) is 10.8. The first-order valence-electron chi connectivity index (χ1n) is 6.11. The van der Waals surface area contributed by atoms with E-state index in [2.05, 4.69) is 0 Å². The minimum atomic E-state index is -0.358. The molecule has 2 aromatic rings. The average molecular weight is 269 g/mol. The van der Waals surface area contributed by atoms with Crippen LogP contribution in [0.3, 0.4) is 0 Å². The smallest absolute Gasteiger partial charge is 0.221 e. The summed E-state index contributed by atoms with van der Waals surface area (Å²) in [5.74, 6) is -0.327. The van der Waals surface area contributed by atoms with Gasteiger partial charge in [0.05, 0.1) is 6.42 Å². The summed E-state index contributed by atoms with van der Waals surface area (Å²) in [6, 6.07) is 11.8. The highest BCUT2D eigenvalue weighted by atomic mass is 16.3. The first-order valence-corrected chi connectivity index (χ1v) is 6.11. The standard InChI is InChI=1S/C16H15NO3/c17-16(20)9-12-4-1-11(2-5-12)3-6-13-7-14(18)10-15(19)8-13/h1-8,10,18-19H,9H2,(H2,17,20)/b6-3+. The molecule has 0 aliphatic heterocycles. The average Bonchev–Trinajstić information content (AvgIpc) is 2.36. The van der Waals surface area contributed by atoms with E-state index in [1.54, 1.807) is 18.2 Å². The monoisotopic (exact) mass is 269 g/mol. The van der Waals surface area contributed by atoms with Crippen molar-refractivity contribution in [3.8, 4) is 11.5 Å². The van der Waals surface area contributed by atoms with Gasteiger partial charge in [-0.05, 0) is 28.8 Å². The third-order valence-corrected chi connectivity index (χ3v) is 2.75. The number of hydrogen-bond donors (Lipinski definition) is 3. The number of amides is 1. The molecule has 1 amide bonds. The number of carbonyl (C=O) groups is 1. The number of nitrogens with two attached hydrogens (primary N) is 1. The van der Waals surface area contributed by atoms with E-state index in [9.17, 15) is 15.0 Å². The van der Waals surface area contributed by atoms with E-state index in [1.165, 1.54) is 6.07 Å². The second-order valence-electron chi connectivity index (χ2n) is 4.50. The predicted molar refractivity (Wildman–Crippen MR) is 78.0 cm³/mol. The Kier molecular flexibility index (Phi) is 4.05. The molecule has 2 rings (SSSR count). The fourth-order valence-corrected chi connectivity index (χ4v) is 1.85. The molecule has 0 spiro atoms. The first-order chi connectivity index (χ1) is 9.52. The molecular weight excluding hydrogens is 254 g/mol. The molecule has 0 heterocycles. The molecule has 0 unspecified atom stereocenters. The number of benzene rings is 2. The summed E-state index contributed by atoms with van der Waals surface area (Å²) in [5, 5.41) is 18.7. The van der Waals surface area contributed by atoms with Gasteiger partial charge < -0.3 is 15.9 Å². The van der Waals surface area contributed by atoms with E-state index in [1.807, 2.05) is 30.3 Å². The van der Waals surface area contributed by atoms with E-state index < -0.39 is 0 Å². The van der Waals surface area contributed by atoms with Crippen LogP contribution in [0, 0.1) is 0 Å². The summed E-state index contributed by atoms with van der Waals surface area (Å²) in [6.07, 6.45) is 3.86. The van der Waals surface area contributed by atoms with Gasteiger partial charge in [-0.2, -0.15) is 0 Å². The van der Waals surface area contributed by atoms with Crippen molar-refractivity contribution >= 4 is 18.1 Å². The van der Waals surface area contributed by atoms with Crippen molar-refractivity contribution in [3.63, 3.8) is 0 Å². The van der Waals surface area contributed by atoms with Gasteiger partial charge in [0, 0.05) is 6.07 Å². The second kappa shape index (κ2) is 5.93. The lowest BCUT2D eigenvalue weighted by atomic mass is 10.1. The van der Waals surface area contributed by atoms with Crippen LogP contribution in [0.5, 0.6) is 11.5 Å². The maximum atomic E-state index is 10.8. The summed E-state index contributed by atoms with van der Waals surface area (Å²) in [7, 11) is 0. The Balaban J connectivity index is 2.12. The molecule has 0 aliphatic carbocycles. The quantitative estimate of drug-likeness (QED) is 0.745. The molecular formula is C16H15NO3. The number of rotatable bonds is 4. The van der Waals surface area contributed by atoms with E-state index >= 15 is 0 Å². The molecule has 4 heteroatoms. The van der Waals surface area contributed by atoms with Crippen LogP contribution in [-0.4, -0.2) is 16.1 Å². The molecule has 20 heavy (non-hydrogen) atoms. The summed E-state index contributed by atoms with van der Waals surface area (Å²) < 4.78 is 0. The highest BCUT2D eigenvalue weighted by molar-refractivity contribution is 5.77. The molecule has 0 atom stereocenters. The van der Waals surface area contributed by atoms with Crippen LogP contribution < -0.4 is 5.73 Å². The highest BCUT2D eigenvalue weighted by Crippen LogP contribution is 2.22. The fourth-order valence-electron chi connectivity index (χ4n) is 1.85. The van der Waals surface area contributed by atoms with Gasteiger partial charge in [-0.1, -0.05) is 36.4 Å². The van der Waals surface area contributed by atoms with E-state index in [4.69, 9.17) is 5.73 Å². The summed E-state index contributed by atoms with van der Waals surface area (Å²) >= 11 is 0. The van der Waals surface area contributed by atoms with Crippen LogP contribution in [0.1, 0.15) is 16.7 Å². The van der Waals surface area contributed by atoms with Crippen molar-refractivity contribution in [3.05, 3.63) is 59.2 Å². The molecule has 0 saturated carbocycles. The number of hydrogen-bond acceptors (Lipinski definition) is 3. The van der Waals surface area contributed by atoms with Crippen molar-refractivity contribution in [2.45, 2.75) is 6.42 Å². The SMILES string of the molecule is NC(=O)Cc1ccc(/C=C/c2cc(O)cc(O)c2)cc1. The van der Waals surface area contributed by atoms with Crippen molar-refractivity contribution in [2.24, 2.45) is 5.73 Å². The first kappa shape index (κ1) is 13.7. The lowest BCUT2D eigenvalue weighted by molar-refractivity contribution is -0.117. The van der Waals surface area contributed by atoms with Crippen molar-refractivity contribution < 1.29 is 15.0 Å². The molecule has 0 saturated heterocycles. The second-order valence-corrected chi connectivity index (χ2v) is 4.50. The zero-order valence-corrected chi connectivity index (χ0v) is 10.8. The summed E-state index contributed by atoms with van der Waals surface area (Å²) in [5.41, 5.74) is 7.63. The van der Waals surface area contributed by atoms with Crippen molar-refractivity contribution in [2.75, 3.05) is 0 Å². The van der Waals surface area contributed by atoms with E-state index in [0.717, 1.165) is 11.1 Å². The molecule has 2 aromatic carbocycles. The van der Waals surface area contributed by atoms with E-state index in [0.29, 0.717) is 5.56 Å². The number of carbonyl (C=O) groups excluding carboxylic acids is 1.